The highest BCUT2D eigenvalue weighted by Gasteiger charge is 2.19. The van der Waals surface area contributed by atoms with Gasteiger partial charge in [0.25, 0.3) is 6.43 Å². The van der Waals surface area contributed by atoms with Crippen molar-refractivity contribution in [3.8, 4) is 0 Å². The van der Waals surface area contributed by atoms with Crippen molar-refractivity contribution in [1.82, 2.24) is 20.1 Å². The number of rotatable bonds is 6. The number of likely N-dealkylation sites (N-methyl/N-ethyl adjacent to an activating group) is 1. The maximum atomic E-state index is 14.4. The quantitative estimate of drug-likeness (QED) is 0.634. The lowest BCUT2D eigenvalue weighted by atomic mass is 10.1. The Bertz CT molecular complexity index is 1070. The first-order chi connectivity index (χ1) is 15.0. The molecule has 1 N–H and O–H groups in total. The molecule has 6 nitrogen and oxygen atoms in total. The highest BCUT2D eigenvalue weighted by Crippen LogP contribution is 2.28. The minimum atomic E-state index is -2.86. The normalized spacial score (nSPS) is 15.1. The Kier molecular flexibility index (Phi) is 6.22. The summed E-state index contributed by atoms with van der Waals surface area (Å²) in [6, 6.07) is 5.98. The third-order valence-corrected chi connectivity index (χ3v) is 5.77. The predicted molar refractivity (Wildman–Crippen MR) is 115 cm³/mol. The zero-order chi connectivity index (χ0) is 22.0. The van der Waals surface area contributed by atoms with Crippen LogP contribution in [0.5, 0.6) is 0 Å². The fourth-order valence-electron chi connectivity index (χ4n) is 3.84. The molecule has 0 amide bonds. The number of halogens is 3. The first kappa shape index (κ1) is 21.3. The molecule has 0 spiro atoms. The fourth-order valence-corrected chi connectivity index (χ4v) is 3.84. The molecule has 0 unspecified atom stereocenters. The van der Waals surface area contributed by atoms with Gasteiger partial charge < -0.3 is 15.1 Å². The second-order valence-electron chi connectivity index (χ2n) is 7.62. The van der Waals surface area contributed by atoms with Crippen LogP contribution in [0.2, 0.25) is 0 Å². The lowest BCUT2D eigenvalue weighted by Gasteiger charge is -2.34. The van der Waals surface area contributed by atoms with Gasteiger partial charge in [0.2, 0.25) is 0 Å². The molecular formula is C22H25F3N6. The van der Waals surface area contributed by atoms with Crippen molar-refractivity contribution in [2.24, 2.45) is 0 Å². The number of aromatic nitrogens is 3. The van der Waals surface area contributed by atoms with E-state index in [1.165, 1.54) is 12.1 Å². The number of hydrogen-bond acceptors (Lipinski definition) is 6. The van der Waals surface area contributed by atoms with Crippen molar-refractivity contribution in [3.05, 3.63) is 53.1 Å². The second-order valence-corrected chi connectivity index (χ2v) is 7.62. The Morgan fingerprint density at radius 3 is 2.58 bits per heavy atom. The summed E-state index contributed by atoms with van der Waals surface area (Å²) in [5.41, 5.74) is 0.288. The van der Waals surface area contributed by atoms with Crippen LogP contribution >= 0.6 is 0 Å². The van der Waals surface area contributed by atoms with Crippen LogP contribution in [0.4, 0.5) is 24.8 Å². The minimum Gasteiger partial charge on any atom is -0.364 e. The lowest BCUT2D eigenvalue weighted by molar-refractivity contribution is 0.146. The summed E-state index contributed by atoms with van der Waals surface area (Å²) in [5.74, 6) is 0.424. The van der Waals surface area contributed by atoms with Gasteiger partial charge in [0.1, 0.15) is 11.6 Å². The molecule has 164 valence electrons. The molecular weight excluding hydrogens is 405 g/mol. The second kappa shape index (κ2) is 9.05. The average molecular weight is 430 g/mol. The highest BCUT2D eigenvalue weighted by atomic mass is 19.3. The molecule has 1 saturated heterocycles. The molecule has 1 aliphatic rings. The summed E-state index contributed by atoms with van der Waals surface area (Å²) in [5, 5.41) is 13.1. The SMILES string of the molecule is CCN1CCN(c2cc3c(NCc4cccc(C(F)F)c4F)nnc(C)c3cn2)CC1. The molecule has 1 aliphatic heterocycles. The van der Waals surface area contributed by atoms with Gasteiger partial charge in [-0.2, -0.15) is 5.10 Å². The van der Waals surface area contributed by atoms with E-state index in [1.54, 1.807) is 6.20 Å². The van der Waals surface area contributed by atoms with E-state index in [2.05, 4.69) is 37.2 Å². The number of pyridine rings is 1. The van der Waals surface area contributed by atoms with Gasteiger partial charge in [0.15, 0.2) is 5.82 Å². The molecule has 2 aromatic heterocycles. The largest absolute Gasteiger partial charge is 0.364 e. The number of piperazine rings is 1. The van der Waals surface area contributed by atoms with E-state index in [4.69, 9.17) is 0 Å². The van der Waals surface area contributed by atoms with Crippen LogP contribution in [0.1, 0.15) is 30.2 Å². The Morgan fingerprint density at radius 1 is 1.10 bits per heavy atom. The van der Waals surface area contributed by atoms with Crippen LogP contribution in [0, 0.1) is 12.7 Å². The van der Waals surface area contributed by atoms with Crippen molar-refractivity contribution in [1.29, 1.82) is 0 Å². The van der Waals surface area contributed by atoms with Crippen LogP contribution in [0.3, 0.4) is 0 Å². The molecule has 31 heavy (non-hydrogen) atoms. The summed E-state index contributed by atoms with van der Waals surface area (Å²) in [6.45, 7) is 8.80. The third kappa shape index (κ3) is 4.41. The van der Waals surface area contributed by atoms with Gasteiger partial charge in [0, 0.05) is 55.3 Å². The molecule has 0 aliphatic carbocycles. The zero-order valence-corrected chi connectivity index (χ0v) is 17.6. The monoisotopic (exact) mass is 430 g/mol. The standard InChI is InChI=1S/C22H25F3N6/c1-3-30-7-9-31(10-8-30)19-11-17-18(13-26-19)14(2)28-29-22(17)27-12-15-5-4-6-16(20(15)23)21(24)25/h4-6,11,13,21H,3,7-10,12H2,1-2H3,(H,27,29). The van der Waals surface area contributed by atoms with E-state index in [9.17, 15) is 13.2 Å². The number of benzene rings is 1. The Morgan fingerprint density at radius 2 is 1.87 bits per heavy atom. The molecule has 3 heterocycles. The molecule has 0 bridgehead atoms. The molecule has 3 aromatic rings. The van der Waals surface area contributed by atoms with Gasteiger partial charge >= 0.3 is 0 Å². The average Bonchev–Trinajstić information content (AvgIpc) is 2.79. The maximum Gasteiger partial charge on any atom is 0.266 e. The van der Waals surface area contributed by atoms with Gasteiger partial charge in [-0.1, -0.05) is 25.1 Å². The van der Waals surface area contributed by atoms with Gasteiger partial charge in [-0.05, 0) is 19.5 Å². The smallest absolute Gasteiger partial charge is 0.266 e. The van der Waals surface area contributed by atoms with Crippen LogP contribution < -0.4 is 10.2 Å². The minimum absolute atomic E-state index is 0.0199. The van der Waals surface area contributed by atoms with Crippen molar-refractivity contribution in [2.75, 3.05) is 42.9 Å². The molecule has 0 saturated carbocycles. The zero-order valence-electron chi connectivity index (χ0n) is 17.6. The van der Waals surface area contributed by atoms with E-state index in [0.29, 0.717) is 5.82 Å². The van der Waals surface area contributed by atoms with Crippen molar-refractivity contribution >= 4 is 22.4 Å². The summed E-state index contributed by atoms with van der Waals surface area (Å²) < 4.78 is 40.4. The van der Waals surface area contributed by atoms with Gasteiger partial charge in [-0.15, -0.1) is 5.10 Å². The summed E-state index contributed by atoms with van der Waals surface area (Å²) in [4.78, 5) is 9.24. The molecule has 4 rings (SSSR count). The van der Waals surface area contributed by atoms with E-state index in [-0.39, 0.29) is 12.1 Å². The predicted octanol–water partition coefficient (Wildman–Crippen LogP) is 4.16. The topological polar surface area (TPSA) is 57.2 Å². The Balaban J connectivity index is 1.61. The summed E-state index contributed by atoms with van der Waals surface area (Å²) in [6.07, 6.45) is -1.08. The van der Waals surface area contributed by atoms with Crippen LogP contribution in [-0.4, -0.2) is 52.8 Å². The number of nitrogens with zero attached hydrogens (tertiary/aromatic N) is 5. The van der Waals surface area contributed by atoms with E-state index in [1.807, 2.05) is 13.0 Å². The number of anilines is 2. The Hall–Kier alpha value is -2.94. The number of hydrogen-bond donors (Lipinski definition) is 1. The van der Waals surface area contributed by atoms with Gasteiger partial charge in [0.05, 0.1) is 11.3 Å². The Labute approximate surface area is 179 Å². The molecule has 1 aromatic carbocycles. The van der Waals surface area contributed by atoms with Crippen LogP contribution in [0.25, 0.3) is 10.8 Å². The van der Waals surface area contributed by atoms with Crippen molar-refractivity contribution < 1.29 is 13.2 Å². The molecule has 0 radical (unpaired) electrons. The van der Waals surface area contributed by atoms with E-state index >= 15 is 0 Å². The summed E-state index contributed by atoms with van der Waals surface area (Å²) >= 11 is 0. The van der Waals surface area contributed by atoms with Gasteiger partial charge in [-0.3, -0.25) is 0 Å². The van der Waals surface area contributed by atoms with E-state index < -0.39 is 17.8 Å². The van der Waals surface area contributed by atoms with Crippen LogP contribution in [-0.2, 0) is 6.54 Å². The number of fused-ring (bicyclic) bond motifs is 1. The van der Waals surface area contributed by atoms with Crippen molar-refractivity contribution in [3.63, 3.8) is 0 Å². The molecule has 9 heteroatoms. The lowest BCUT2D eigenvalue weighted by Crippen LogP contribution is -2.46. The number of alkyl halides is 2. The van der Waals surface area contributed by atoms with Crippen molar-refractivity contribution in [2.45, 2.75) is 26.8 Å². The maximum absolute atomic E-state index is 14.4. The number of nitrogens with one attached hydrogen (secondary N) is 1. The van der Waals surface area contributed by atoms with Gasteiger partial charge in [-0.25, -0.2) is 18.2 Å². The number of aryl methyl sites for hydroxylation is 1. The fraction of sp³-hybridized carbons (Fsp3) is 0.409. The highest BCUT2D eigenvalue weighted by molar-refractivity contribution is 5.94. The third-order valence-electron chi connectivity index (χ3n) is 5.77. The first-order valence-electron chi connectivity index (χ1n) is 10.4. The molecule has 1 fully saturated rings. The van der Waals surface area contributed by atoms with Crippen LogP contribution in [0.15, 0.2) is 30.5 Å². The van der Waals surface area contributed by atoms with E-state index in [0.717, 1.165) is 61.1 Å². The summed E-state index contributed by atoms with van der Waals surface area (Å²) in [7, 11) is 0. The molecule has 0 atom stereocenters. The first-order valence-corrected chi connectivity index (χ1v) is 10.4.